The number of hydrogen-bond donors (Lipinski definition) is 0. The Morgan fingerprint density at radius 2 is 2.10 bits per heavy atom. The molecule has 0 saturated heterocycles. The second kappa shape index (κ2) is 6.85. The van der Waals surface area contributed by atoms with Crippen molar-refractivity contribution in [3.05, 3.63) is 12.7 Å². The van der Waals surface area contributed by atoms with Crippen molar-refractivity contribution in [3.63, 3.8) is 0 Å². The maximum atomic E-state index is 3.70. The fourth-order valence-electron chi connectivity index (χ4n) is 1.25. The van der Waals surface area contributed by atoms with Crippen molar-refractivity contribution in [1.82, 2.24) is 0 Å². The summed E-state index contributed by atoms with van der Waals surface area (Å²) in [5.74, 6) is 0.921. The van der Waals surface area contributed by atoms with Crippen molar-refractivity contribution in [2.24, 2.45) is 5.92 Å². The van der Waals surface area contributed by atoms with Crippen LogP contribution in [0.25, 0.3) is 0 Å². The van der Waals surface area contributed by atoms with Crippen LogP contribution in [0.5, 0.6) is 0 Å². The molecule has 0 aliphatic carbocycles. The summed E-state index contributed by atoms with van der Waals surface area (Å²) in [7, 11) is 0. The van der Waals surface area contributed by atoms with Gasteiger partial charge in [0.15, 0.2) is 0 Å². The van der Waals surface area contributed by atoms with E-state index in [-0.39, 0.29) is 0 Å². The van der Waals surface area contributed by atoms with E-state index in [9.17, 15) is 0 Å². The van der Waals surface area contributed by atoms with Gasteiger partial charge < -0.3 is 0 Å². The van der Waals surface area contributed by atoms with Crippen LogP contribution in [-0.2, 0) is 0 Å². The normalized spacial score (nSPS) is 13.0. The van der Waals surface area contributed by atoms with Gasteiger partial charge in [-0.15, -0.1) is 6.58 Å². The van der Waals surface area contributed by atoms with E-state index in [0.717, 1.165) is 5.92 Å². The second-order valence-corrected chi connectivity index (χ2v) is 3.11. The first kappa shape index (κ1) is 9.74. The second-order valence-electron chi connectivity index (χ2n) is 3.11. The highest BCUT2D eigenvalue weighted by Crippen LogP contribution is 2.13. The Balaban J connectivity index is 3.04. The first-order valence-corrected chi connectivity index (χ1v) is 4.42. The van der Waals surface area contributed by atoms with Crippen LogP contribution in [0.2, 0.25) is 0 Å². The van der Waals surface area contributed by atoms with Gasteiger partial charge in [0, 0.05) is 0 Å². The summed E-state index contributed by atoms with van der Waals surface area (Å²) in [6.45, 7) is 8.30. The van der Waals surface area contributed by atoms with E-state index in [1.807, 2.05) is 6.08 Å². The number of unbranched alkanes of at least 4 members (excludes halogenated alkanes) is 1. The first-order chi connectivity index (χ1) is 4.81. The molecule has 0 bridgehead atoms. The Hall–Kier alpha value is -0.260. The molecule has 0 nitrogen and oxygen atoms in total. The van der Waals surface area contributed by atoms with Crippen molar-refractivity contribution in [2.45, 2.75) is 46.0 Å². The zero-order valence-electron chi connectivity index (χ0n) is 7.40. The zero-order valence-corrected chi connectivity index (χ0v) is 7.40. The fraction of sp³-hybridized carbons (Fsp3) is 0.800. The summed E-state index contributed by atoms with van der Waals surface area (Å²) in [6, 6.07) is 0. The van der Waals surface area contributed by atoms with Gasteiger partial charge in [0.25, 0.3) is 0 Å². The fourth-order valence-corrected chi connectivity index (χ4v) is 1.25. The van der Waals surface area contributed by atoms with E-state index in [0.29, 0.717) is 0 Å². The molecule has 0 N–H and O–H groups in total. The molecule has 0 aromatic carbocycles. The van der Waals surface area contributed by atoms with Crippen molar-refractivity contribution in [2.75, 3.05) is 0 Å². The topological polar surface area (TPSA) is 0 Å². The van der Waals surface area contributed by atoms with Crippen LogP contribution in [0.1, 0.15) is 46.0 Å². The van der Waals surface area contributed by atoms with Crippen molar-refractivity contribution in [1.29, 1.82) is 0 Å². The third-order valence-corrected chi connectivity index (χ3v) is 1.89. The molecule has 0 aromatic rings. The molecule has 0 heteroatoms. The third kappa shape index (κ3) is 5.87. The minimum absolute atomic E-state index is 0.921. The van der Waals surface area contributed by atoms with E-state index >= 15 is 0 Å². The molecule has 0 aliphatic rings. The molecule has 0 amide bonds. The van der Waals surface area contributed by atoms with Crippen LogP contribution in [-0.4, -0.2) is 0 Å². The molecule has 0 aliphatic heterocycles. The van der Waals surface area contributed by atoms with E-state index in [2.05, 4.69) is 20.4 Å². The van der Waals surface area contributed by atoms with Crippen molar-refractivity contribution < 1.29 is 0 Å². The lowest BCUT2D eigenvalue weighted by Gasteiger charge is -2.07. The summed E-state index contributed by atoms with van der Waals surface area (Å²) >= 11 is 0. The van der Waals surface area contributed by atoms with Crippen LogP contribution in [0.4, 0.5) is 0 Å². The largest absolute Gasteiger partial charge is 0.103 e. The Morgan fingerprint density at radius 3 is 2.60 bits per heavy atom. The Labute approximate surface area is 65.3 Å². The lowest BCUT2D eigenvalue weighted by Crippen LogP contribution is -1.92. The van der Waals surface area contributed by atoms with Gasteiger partial charge in [0.1, 0.15) is 0 Å². The zero-order chi connectivity index (χ0) is 7.82. The lowest BCUT2D eigenvalue weighted by atomic mass is 9.99. The van der Waals surface area contributed by atoms with Crippen LogP contribution in [0.15, 0.2) is 12.7 Å². The minimum atomic E-state index is 0.921. The lowest BCUT2D eigenvalue weighted by molar-refractivity contribution is 0.472. The minimum Gasteiger partial charge on any atom is -0.103 e. The van der Waals surface area contributed by atoms with Gasteiger partial charge in [-0.2, -0.15) is 0 Å². The van der Waals surface area contributed by atoms with Gasteiger partial charge in [-0.3, -0.25) is 0 Å². The SMILES string of the molecule is C=CCCC[C@H](C)CCC. The molecule has 0 fully saturated rings. The first-order valence-electron chi connectivity index (χ1n) is 4.42. The summed E-state index contributed by atoms with van der Waals surface area (Å²) in [5, 5.41) is 0. The smallest absolute Gasteiger partial charge is 0.0353 e. The van der Waals surface area contributed by atoms with Gasteiger partial charge in [-0.05, 0) is 18.8 Å². The maximum absolute atomic E-state index is 3.70. The Morgan fingerprint density at radius 1 is 1.40 bits per heavy atom. The summed E-state index contributed by atoms with van der Waals surface area (Å²) in [6.07, 6.45) is 8.61. The molecule has 0 radical (unpaired) electrons. The predicted molar refractivity (Wildman–Crippen MR) is 48.1 cm³/mol. The van der Waals surface area contributed by atoms with Gasteiger partial charge in [-0.25, -0.2) is 0 Å². The molecular formula is C10H20. The summed E-state index contributed by atoms with van der Waals surface area (Å²) < 4.78 is 0. The van der Waals surface area contributed by atoms with E-state index in [1.54, 1.807) is 0 Å². The van der Waals surface area contributed by atoms with E-state index < -0.39 is 0 Å². The predicted octanol–water partition coefficient (Wildman–Crippen LogP) is 3.78. The van der Waals surface area contributed by atoms with Crippen molar-refractivity contribution >= 4 is 0 Å². The molecule has 0 saturated carbocycles. The van der Waals surface area contributed by atoms with Gasteiger partial charge >= 0.3 is 0 Å². The Bertz CT molecular complexity index is 74.1. The molecule has 60 valence electrons. The monoisotopic (exact) mass is 140 g/mol. The number of allylic oxidation sites excluding steroid dienone is 1. The standard InChI is InChI=1S/C10H20/c1-4-6-7-9-10(3)8-5-2/h4,10H,1,5-9H2,2-3H3/t10-/m1/s1. The van der Waals surface area contributed by atoms with Gasteiger partial charge in [-0.1, -0.05) is 39.2 Å². The highest BCUT2D eigenvalue weighted by Gasteiger charge is 1.97. The van der Waals surface area contributed by atoms with Gasteiger partial charge in [0.05, 0.1) is 0 Å². The van der Waals surface area contributed by atoms with E-state index in [1.165, 1.54) is 32.1 Å². The Kier molecular flexibility index (Phi) is 6.68. The quantitative estimate of drug-likeness (QED) is 0.389. The van der Waals surface area contributed by atoms with E-state index in [4.69, 9.17) is 0 Å². The maximum Gasteiger partial charge on any atom is -0.0353 e. The molecule has 0 aromatic heterocycles. The number of rotatable bonds is 6. The molecule has 0 spiro atoms. The molecule has 0 unspecified atom stereocenters. The highest BCUT2D eigenvalue weighted by molar-refractivity contribution is 4.66. The highest BCUT2D eigenvalue weighted by atomic mass is 14.0. The summed E-state index contributed by atoms with van der Waals surface area (Å²) in [5.41, 5.74) is 0. The average Bonchev–Trinajstić information content (AvgIpc) is 1.89. The molecular weight excluding hydrogens is 120 g/mol. The van der Waals surface area contributed by atoms with Crippen LogP contribution < -0.4 is 0 Å². The van der Waals surface area contributed by atoms with Crippen LogP contribution >= 0.6 is 0 Å². The number of hydrogen-bond acceptors (Lipinski definition) is 0. The van der Waals surface area contributed by atoms with Crippen LogP contribution in [0.3, 0.4) is 0 Å². The third-order valence-electron chi connectivity index (χ3n) is 1.89. The molecule has 1 atom stereocenters. The van der Waals surface area contributed by atoms with Crippen LogP contribution in [0, 0.1) is 5.92 Å². The molecule has 10 heavy (non-hydrogen) atoms. The summed E-state index contributed by atoms with van der Waals surface area (Å²) in [4.78, 5) is 0. The van der Waals surface area contributed by atoms with Crippen molar-refractivity contribution in [3.8, 4) is 0 Å². The molecule has 0 heterocycles. The van der Waals surface area contributed by atoms with Gasteiger partial charge in [0.2, 0.25) is 0 Å². The average molecular weight is 140 g/mol. The molecule has 0 rings (SSSR count).